The number of hydrogen-bond donors (Lipinski definition) is 1. The lowest BCUT2D eigenvalue weighted by atomic mass is 9.83. The molecule has 0 radical (unpaired) electrons. The number of fused-ring (bicyclic) bond motifs is 1. The zero-order valence-corrected chi connectivity index (χ0v) is 20.1. The van der Waals surface area contributed by atoms with Crippen LogP contribution in [0.2, 0.25) is 15.1 Å². The van der Waals surface area contributed by atoms with Crippen molar-refractivity contribution in [3.05, 3.63) is 57.0 Å². The number of nitrogens with one attached hydrogen (secondary N) is 1. The summed E-state index contributed by atoms with van der Waals surface area (Å²) in [5.74, 6) is 1.02. The zero-order valence-electron chi connectivity index (χ0n) is 17.8. The fourth-order valence-corrected chi connectivity index (χ4v) is 4.88. The second-order valence-corrected chi connectivity index (χ2v) is 9.46. The van der Waals surface area contributed by atoms with Gasteiger partial charge >= 0.3 is 0 Å². The minimum absolute atomic E-state index is 0.275. The minimum Gasteiger partial charge on any atom is -0.383 e. The van der Waals surface area contributed by atoms with Crippen molar-refractivity contribution in [1.82, 2.24) is 4.90 Å². The van der Waals surface area contributed by atoms with Crippen LogP contribution in [0.1, 0.15) is 18.4 Å². The molecule has 1 spiro atoms. The van der Waals surface area contributed by atoms with E-state index < -0.39 is 0 Å². The second kappa shape index (κ2) is 9.55. The predicted octanol–water partition coefficient (Wildman–Crippen LogP) is 5.59. The summed E-state index contributed by atoms with van der Waals surface area (Å²) >= 11 is 19.0. The molecule has 166 valence electrons. The van der Waals surface area contributed by atoms with Crippen LogP contribution in [0.3, 0.4) is 0 Å². The van der Waals surface area contributed by atoms with Crippen LogP contribution in [0.5, 0.6) is 0 Å². The maximum absolute atomic E-state index is 6.40. The molecule has 2 aliphatic rings. The molecule has 2 aromatic rings. The third-order valence-corrected chi connectivity index (χ3v) is 7.00. The highest BCUT2D eigenvalue weighted by atomic mass is 35.5. The normalized spacial score (nSPS) is 19.5. The molecule has 0 saturated carbocycles. The lowest BCUT2D eigenvalue weighted by Gasteiger charge is -2.50. The van der Waals surface area contributed by atoms with Gasteiger partial charge in [-0.05, 0) is 49.7 Å². The quantitative estimate of drug-likeness (QED) is 0.604. The summed E-state index contributed by atoms with van der Waals surface area (Å²) < 4.78 is 5.43. The maximum atomic E-state index is 6.40. The molecule has 31 heavy (non-hydrogen) atoms. The van der Waals surface area contributed by atoms with Crippen molar-refractivity contribution in [3.63, 3.8) is 0 Å². The Morgan fingerprint density at radius 1 is 1.10 bits per heavy atom. The van der Waals surface area contributed by atoms with Crippen LogP contribution < -0.4 is 10.2 Å². The number of aliphatic imine (C=N–C) groups is 1. The molecule has 8 heteroatoms. The number of anilines is 2. The molecule has 0 aromatic heterocycles. The van der Waals surface area contributed by atoms with Gasteiger partial charge in [0.2, 0.25) is 0 Å². The van der Waals surface area contributed by atoms with Crippen LogP contribution in [0.4, 0.5) is 11.4 Å². The van der Waals surface area contributed by atoms with Gasteiger partial charge in [0.1, 0.15) is 5.84 Å². The van der Waals surface area contributed by atoms with Gasteiger partial charge in [-0.2, -0.15) is 0 Å². The summed E-state index contributed by atoms with van der Waals surface area (Å²) in [6, 6.07) is 11.7. The first kappa shape index (κ1) is 22.7. The Bertz CT molecular complexity index is 973. The van der Waals surface area contributed by atoms with Gasteiger partial charge in [0.15, 0.2) is 0 Å². The molecule has 0 amide bonds. The highest BCUT2D eigenvalue weighted by molar-refractivity contribution is 6.42. The monoisotopic (exact) mass is 480 g/mol. The predicted molar refractivity (Wildman–Crippen MR) is 131 cm³/mol. The Kier molecular flexibility index (Phi) is 6.99. The Balaban J connectivity index is 1.80. The van der Waals surface area contributed by atoms with Crippen LogP contribution in [-0.4, -0.2) is 56.7 Å². The summed E-state index contributed by atoms with van der Waals surface area (Å²) in [6.07, 6.45) is 1.89. The van der Waals surface area contributed by atoms with Crippen molar-refractivity contribution in [1.29, 1.82) is 0 Å². The Morgan fingerprint density at radius 3 is 2.55 bits per heavy atom. The summed E-state index contributed by atoms with van der Waals surface area (Å²) in [5.41, 5.74) is 2.76. The second-order valence-electron chi connectivity index (χ2n) is 8.21. The molecule has 2 heterocycles. The Hall–Kier alpha value is -1.50. The van der Waals surface area contributed by atoms with E-state index in [0.717, 1.165) is 53.7 Å². The lowest BCUT2D eigenvalue weighted by Crippen LogP contribution is -2.62. The number of hydrogen-bond acceptors (Lipinski definition) is 4. The fourth-order valence-electron chi connectivity index (χ4n) is 4.34. The van der Waals surface area contributed by atoms with E-state index in [0.29, 0.717) is 29.7 Å². The number of nitrogens with zero attached hydrogens (tertiary/aromatic N) is 3. The van der Waals surface area contributed by atoms with Crippen molar-refractivity contribution >= 4 is 52.0 Å². The molecular formula is C23H27Cl3N4O. The van der Waals surface area contributed by atoms with Crippen LogP contribution >= 0.6 is 34.8 Å². The number of ether oxygens (including phenoxy) is 1. The standard InChI is InChI=1S/C23H27Cl3N4O/c1-29-8-6-23(7-9-29)22(27-15-16-4-3-5-17(24)12-16)30(10-11-31-2)21-14-19(26)18(25)13-20(21)28-23/h3-5,12-14,28H,6-11,15H2,1-2H3. The van der Waals surface area contributed by atoms with Gasteiger partial charge in [-0.3, -0.25) is 4.99 Å². The maximum Gasteiger partial charge on any atom is 0.130 e. The number of rotatable bonds is 5. The molecular weight excluding hydrogens is 455 g/mol. The topological polar surface area (TPSA) is 40.1 Å². The number of methoxy groups -OCH3 is 1. The number of halogens is 3. The van der Waals surface area contributed by atoms with E-state index in [1.165, 1.54) is 0 Å². The van der Waals surface area contributed by atoms with Gasteiger partial charge in [0.25, 0.3) is 0 Å². The van der Waals surface area contributed by atoms with E-state index in [1.54, 1.807) is 7.11 Å². The summed E-state index contributed by atoms with van der Waals surface area (Å²) in [7, 11) is 3.87. The summed E-state index contributed by atoms with van der Waals surface area (Å²) in [6.45, 7) is 3.77. The fraction of sp³-hybridized carbons (Fsp3) is 0.435. The molecule has 4 rings (SSSR count). The molecule has 1 fully saturated rings. The molecule has 5 nitrogen and oxygen atoms in total. The van der Waals surface area contributed by atoms with Gasteiger partial charge in [0, 0.05) is 31.8 Å². The molecule has 2 aromatic carbocycles. The number of benzene rings is 2. The Morgan fingerprint density at radius 2 is 1.84 bits per heavy atom. The largest absolute Gasteiger partial charge is 0.383 e. The third kappa shape index (κ3) is 4.81. The molecule has 0 atom stereocenters. The highest BCUT2D eigenvalue weighted by Crippen LogP contribution is 2.44. The van der Waals surface area contributed by atoms with Crippen molar-refractivity contribution in [3.8, 4) is 0 Å². The molecule has 1 saturated heterocycles. The first-order chi connectivity index (χ1) is 14.9. The molecule has 0 aliphatic carbocycles. The first-order valence-electron chi connectivity index (χ1n) is 10.4. The first-order valence-corrected chi connectivity index (χ1v) is 11.6. The van der Waals surface area contributed by atoms with Crippen LogP contribution in [0.25, 0.3) is 0 Å². The van der Waals surface area contributed by atoms with Crippen molar-refractivity contribution in [2.45, 2.75) is 24.9 Å². The SMILES string of the molecule is COCCN1C(=NCc2cccc(Cl)c2)C2(CCN(C)CC2)Nc2cc(Cl)c(Cl)cc21. The average molecular weight is 482 g/mol. The van der Waals surface area contributed by atoms with Gasteiger partial charge in [0.05, 0.1) is 40.1 Å². The van der Waals surface area contributed by atoms with Gasteiger partial charge in [-0.25, -0.2) is 0 Å². The number of amidine groups is 1. The van der Waals surface area contributed by atoms with Crippen LogP contribution in [0, 0.1) is 0 Å². The van der Waals surface area contributed by atoms with E-state index in [-0.39, 0.29) is 5.54 Å². The molecule has 0 bridgehead atoms. The van der Waals surface area contributed by atoms with Gasteiger partial charge in [-0.1, -0.05) is 46.9 Å². The molecule has 0 unspecified atom stereocenters. The summed E-state index contributed by atoms with van der Waals surface area (Å²) in [4.78, 5) is 9.75. The van der Waals surface area contributed by atoms with Crippen LogP contribution in [-0.2, 0) is 11.3 Å². The Labute approximate surface area is 198 Å². The number of piperidine rings is 1. The van der Waals surface area contributed by atoms with Crippen molar-refractivity contribution < 1.29 is 4.74 Å². The average Bonchev–Trinajstić information content (AvgIpc) is 2.75. The minimum atomic E-state index is -0.275. The van der Waals surface area contributed by atoms with E-state index in [9.17, 15) is 0 Å². The van der Waals surface area contributed by atoms with E-state index in [2.05, 4.69) is 28.2 Å². The molecule has 1 N–H and O–H groups in total. The smallest absolute Gasteiger partial charge is 0.130 e. The van der Waals surface area contributed by atoms with Gasteiger partial charge < -0.3 is 19.9 Å². The number of likely N-dealkylation sites (tertiary alicyclic amines) is 1. The van der Waals surface area contributed by atoms with E-state index >= 15 is 0 Å². The highest BCUT2D eigenvalue weighted by Gasteiger charge is 2.45. The lowest BCUT2D eigenvalue weighted by molar-refractivity contribution is 0.206. The van der Waals surface area contributed by atoms with Gasteiger partial charge in [-0.15, -0.1) is 0 Å². The van der Waals surface area contributed by atoms with Crippen molar-refractivity contribution in [2.24, 2.45) is 4.99 Å². The van der Waals surface area contributed by atoms with Crippen molar-refractivity contribution in [2.75, 3.05) is 50.6 Å². The molecule has 2 aliphatic heterocycles. The zero-order chi connectivity index (χ0) is 22.0. The van der Waals surface area contributed by atoms with Crippen LogP contribution in [0.15, 0.2) is 41.4 Å². The third-order valence-electron chi connectivity index (χ3n) is 6.05. The summed E-state index contributed by atoms with van der Waals surface area (Å²) in [5, 5.41) is 5.58. The van der Waals surface area contributed by atoms with E-state index in [1.807, 2.05) is 30.3 Å². The van der Waals surface area contributed by atoms with E-state index in [4.69, 9.17) is 44.5 Å².